The van der Waals surface area contributed by atoms with Crippen LogP contribution in [-0.2, 0) is 11.3 Å². The van der Waals surface area contributed by atoms with Gasteiger partial charge in [0.1, 0.15) is 5.38 Å². The Morgan fingerprint density at radius 3 is 2.95 bits per heavy atom. The van der Waals surface area contributed by atoms with Crippen molar-refractivity contribution in [1.29, 1.82) is 5.26 Å². The van der Waals surface area contributed by atoms with E-state index in [1.165, 1.54) is 0 Å². The third-order valence-electron chi connectivity index (χ3n) is 2.96. The SMILES string of the molecule is CC(Cl)C(=O)N(CCC#N)Cc1ccc2c(c1)OCO2. The molecule has 20 heavy (non-hydrogen) atoms. The van der Waals surface area contributed by atoms with Crippen LogP contribution in [0.4, 0.5) is 0 Å². The maximum absolute atomic E-state index is 12.0. The number of alkyl halides is 1. The Morgan fingerprint density at radius 2 is 2.25 bits per heavy atom. The number of carbonyl (C=O) groups excluding carboxylic acids is 1. The van der Waals surface area contributed by atoms with Gasteiger partial charge in [0.2, 0.25) is 12.7 Å². The third kappa shape index (κ3) is 3.34. The van der Waals surface area contributed by atoms with Gasteiger partial charge in [-0.25, -0.2) is 0 Å². The number of rotatable bonds is 5. The number of halogens is 1. The van der Waals surface area contributed by atoms with Gasteiger partial charge in [0.05, 0.1) is 12.5 Å². The van der Waals surface area contributed by atoms with Crippen LogP contribution >= 0.6 is 11.6 Å². The van der Waals surface area contributed by atoms with Gasteiger partial charge >= 0.3 is 0 Å². The molecule has 0 saturated heterocycles. The first-order valence-corrected chi connectivity index (χ1v) is 6.74. The van der Waals surface area contributed by atoms with E-state index in [0.717, 1.165) is 5.56 Å². The predicted octanol–water partition coefficient (Wildman–Crippen LogP) is 2.28. The molecule has 0 aromatic heterocycles. The number of carbonyl (C=O) groups is 1. The van der Waals surface area contributed by atoms with Gasteiger partial charge in [-0.05, 0) is 24.6 Å². The van der Waals surface area contributed by atoms with Crippen molar-refractivity contribution in [2.24, 2.45) is 0 Å². The first-order chi connectivity index (χ1) is 9.61. The van der Waals surface area contributed by atoms with Crippen LogP contribution in [0.2, 0.25) is 0 Å². The fourth-order valence-electron chi connectivity index (χ4n) is 1.96. The van der Waals surface area contributed by atoms with Crippen molar-refractivity contribution in [3.05, 3.63) is 23.8 Å². The van der Waals surface area contributed by atoms with Gasteiger partial charge in [0.15, 0.2) is 11.5 Å². The quantitative estimate of drug-likeness (QED) is 0.782. The Morgan fingerprint density at radius 1 is 1.50 bits per heavy atom. The molecule has 0 bridgehead atoms. The van der Waals surface area contributed by atoms with Crippen molar-refractivity contribution in [3.63, 3.8) is 0 Å². The molecule has 0 fully saturated rings. The second-order valence-corrected chi connectivity index (χ2v) is 5.13. The fraction of sp³-hybridized carbons (Fsp3) is 0.429. The van der Waals surface area contributed by atoms with Crippen molar-refractivity contribution in [2.45, 2.75) is 25.3 Å². The normalized spacial score (nSPS) is 13.7. The summed E-state index contributed by atoms with van der Waals surface area (Å²) in [6.45, 7) is 2.60. The molecule has 1 aromatic carbocycles. The van der Waals surface area contributed by atoms with Crippen LogP contribution in [0.3, 0.4) is 0 Å². The van der Waals surface area contributed by atoms with Crippen LogP contribution in [0.15, 0.2) is 18.2 Å². The number of fused-ring (bicyclic) bond motifs is 1. The van der Waals surface area contributed by atoms with Gasteiger partial charge in [0.25, 0.3) is 0 Å². The van der Waals surface area contributed by atoms with Gasteiger partial charge in [-0.2, -0.15) is 5.26 Å². The van der Waals surface area contributed by atoms with Gasteiger partial charge < -0.3 is 14.4 Å². The minimum Gasteiger partial charge on any atom is -0.454 e. The van der Waals surface area contributed by atoms with E-state index in [1.54, 1.807) is 11.8 Å². The van der Waals surface area contributed by atoms with Gasteiger partial charge in [0, 0.05) is 13.1 Å². The molecular weight excluding hydrogens is 280 g/mol. The molecule has 1 atom stereocenters. The molecule has 1 aliphatic rings. The van der Waals surface area contributed by atoms with Crippen LogP contribution in [-0.4, -0.2) is 29.5 Å². The fourth-order valence-corrected chi connectivity index (χ4v) is 2.10. The van der Waals surface area contributed by atoms with Crippen molar-refractivity contribution in [1.82, 2.24) is 4.90 Å². The molecule has 0 N–H and O–H groups in total. The Kier molecular flexibility index (Phi) is 4.70. The summed E-state index contributed by atoms with van der Waals surface area (Å²) in [5.41, 5.74) is 0.915. The molecule has 0 radical (unpaired) electrons. The molecule has 0 saturated carbocycles. The summed E-state index contributed by atoms with van der Waals surface area (Å²) in [4.78, 5) is 13.6. The number of nitriles is 1. The van der Waals surface area contributed by atoms with E-state index in [1.807, 2.05) is 24.3 Å². The first-order valence-electron chi connectivity index (χ1n) is 6.30. The van der Waals surface area contributed by atoms with Crippen molar-refractivity contribution in [2.75, 3.05) is 13.3 Å². The Balaban J connectivity index is 2.10. The summed E-state index contributed by atoms with van der Waals surface area (Å²) < 4.78 is 10.5. The molecule has 1 aromatic rings. The summed E-state index contributed by atoms with van der Waals surface area (Å²) in [5.74, 6) is 1.20. The lowest BCUT2D eigenvalue weighted by Crippen LogP contribution is -2.35. The van der Waals surface area contributed by atoms with Crippen LogP contribution in [0.1, 0.15) is 18.9 Å². The molecule has 0 aliphatic carbocycles. The van der Waals surface area contributed by atoms with Crippen LogP contribution in [0.5, 0.6) is 11.5 Å². The maximum atomic E-state index is 12.0. The monoisotopic (exact) mass is 294 g/mol. The van der Waals surface area contributed by atoms with Gasteiger partial charge in [-0.1, -0.05) is 6.07 Å². The lowest BCUT2D eigenvalue weighted by molar-refractivity contribution is -0.131. The number of benzene rings is 1. The molecule has 6 heteroatoms. The average molecular weight is 295 g/mol. The zero-order chi connectivity index (χ0) is 14.5. The highest BCUT2D eigenvalue weighted by atomic mass is 35.5. The highest BCUT2D eigenvalue weighted by Gasteiger charge is 2.20. The summed E-state index contributed by atoms with van der Waals surface area (Å²) in [6, 6.07) is 7.57. The van der Waals surface area contributed by atoms with Crippen molar-refractivity contribution in [3.8, 4) is 17.6 Å². The van der Waals surface area contributed by atoms with E-state index in [0.29, 0.717) is 24.6 Å². The smallest absolute Gasteiger partial charge is 0.240 e. The lowest BCUT2D eigenvalue weighted by Gasteiger charge is -2.23. The molecular formula is C14H15ClN2O3. The molecule has 0 spiro atoms. The number of amides is 1. The molecule has 106 valence electrons. The van der Waals surface area contributed by atoms with Crippen molar-refractivity contribution < 1.29 is 14.3 Å². The highest BCUT2D eigenvalue weighted by Crippen LogP contribution is 2.32. The summed E-state index contributed by atoms with van der Waals surface area (Å²) >= 11 is 5.84. The Hall–Kier alpha value is -1.93. The predicted molar refractivity (Wildman–Crippen MR) is 73.5 cm³/mol. The zero-order valence-corrected chi connectivity index (χ0v) is 11.9. The van der Waals surface area contributed by atoms with Crippen LogP contribution < -0.4 is 9.47 Å². The molecule has 2 rings (SSSR count). The largest absolute Gasteiger partial charge is 0.454 e. The van der Waals surface area contributed by atoms with E-state index in [-0.39, 0.29) is 19.1 Å². The maximum Gasteiger partial charge on any atom is 0.240 e. The summed E-state index contributed by atoms with van der Waals surface area (Å²) in [7, 11) is 0. The second kappa shape index (κ2) is 6.49. The lowest BCUT2D eigenvalue weighted by atomic mass is 10.1. The number of hydrogen-bond acceptors (Lipinski definition) is 4. The second-order valence-electron chi connectivity index (χ2n) is 4.47. The van der Waals surface area contributed by atoms with E-state index < -0.39 is 5.38 Å². The average Bonchev–Trinajstić information content (AvgIpc) is 2.89. The highest BCUT2D eigenvalue weighted by molar-refractivity contribution is 6.30. The molecule has 1 amide bonds. The van der Waals surface area contributed by atoms with Crippen LogP contribution in [0, 0.1) is 11.3 Å². The zero-order valence-electron chi connectivity index (χ0n) is 11.1. The first kappa shape index (κ1) is 14.5. The molecule has 1 heterocycles. The summed E-state index contributed by atoms with van der Waals surface area (Å²) in [5, 5.41) is 8.06. The van der Waals surface area contributed by atoms with Gasteiger partial charge in [-0.15, -0.1) is 11.6 Å². The van der Waals surface area contributed by atoms with Crippen molar-refractivity contribution >= 4 is 17.5 Å². The van der Waals surface area contributed by atoms with E-state index in [9.17, 15) is 4.79 Å². The minimum atomic E-state index is -0.609. The van der Waals surface area contributed by atoms with E-state index >= 15 is 0 Å². The number of ether oxygens (including phenoxy) is 2. The molecule has 1 unspecified atom stereocenters. The molecule has 1 aliphatic heterocycles. The molecule has 5 nitrogen and oxygen atoms in total. The van der Waals surface area contributed by atoms with Crippen LogP contribution in [0.25, 0.3) is 0 Å². The summed E-state index contributed by atoms with van der Waals surface area (Å²) in [6.07, 6.45) is 0.278. The van der Waals surface area contributed by atoms with E-state index in [2.05, 4.69) is 0 Å². The Labute approximate surface area is 122 Å². The minimum absolute atomic E-state index is 0.181. The van der Waals surface area contributed by atoms with Gasteiger partial charge in [-0.3, -0.25) is 4.79 Å². The van der Waals surface area contributed by atoms with E-state index in [4.69, 9.17) is 26.3 Å². The topological polar surface area (TPSA) is 62.6 Å². The Bertz CT molecular complexity index is 540. The standard InChI is InChI=1S/C14H15ClN2O3/c1-10(15)14(18)17(6-2-5-16)8-11-3-4-12-13(7-11)20-9-19-12/h3-4,7,10H,2,6,8-9H2,1H3. The number of hydrogen-bond donors (Lipinski definition) is 0. The number of nitrogens with zero attached hydrogens (tertiary/aromatic N) is 2. The third-order valence-corrected chi connectivity index (χ3v) is 3.14.